The van der Waals surface area contributed by atoms with Gasteiger partial charge in [-0.15, -0.1) is 0 Å². The van der Waals surface area contributed by atoms with Crippen LogP contribution in [0.5, 0.6) is 0 Å². The summed E-state index contributed by atoms with van der Waals surface area (Å²) >= 11 is 0. The quantitative estimate of drug-likeness (QED) is 0.877. The zero-order chi connectivity index (χ0) is 14.1. The Balaban J connectivity index is 2.11. The molecule has 0 saturated carbocycles. The first-order valence-electron chi connectivity index (χ1n) is 6.61. The first-order valence-corrected chi connectivity index (χ1v) is 6.61. The summed E-state index contributed by atoms with van der Waals surface area (Å²) in [6.07, 6.45) is 0. The SMILES string of the molecule is Cc1ccccc1N1CCNc2ccc(C(=O)O)cc21. The largest absolute Gasteiger partial charge is 0.478 e. The molecule has 0 spiro atoms. The molecule has 102 valence electrons. The smallest absolute Gasteiger partial charge is 0.335 e. The minimum absolute atomic E-state index is 0.311. The van der Waals surface area contributed by atoms with Gasteiger partial charge in [0.25, 0.3) is 0 Å². The van der Waals surface area contributed by atoms with Crippen LogP contribution in [0.4, 0.5) is 17.1 Å². The van der Waals surface area contributed by atoms with Crippen molar-refractivity contribution in [2.45, 2.75) is 6.92 Å². The van der Waals surface area contributed by atoms with Gasteiger partial charge in [-0.1, -0.05) is 18.2 Å². The Hall–Kier alpha value is -2.49. The molecule has 2 aromatic rings. The van der Waals surface area contributed by atoms with Crippen LogP contribution >= 0.6 is 0 Å². The minimum Gasteiger partial charge on any atom is -0.478 e. The number of hydrogen-bond acceptors (Lipinski definition) is 3. The molecular formula is C16H16N2O2. The van der Waals surface area contributed by atoms with Crippen molar-refractivity contribution in [3.05, 3.63) is 53.6 Å². The first-order chi connectivity index (χ1) is 9.66. The molecule has 1 aliphatic heterocycles. The normalized spacial score (nSPS) is 13.6. The molecule has 1 heterocycles. The molecule has 4 heteroatoms. The molecule has 0 unspecified atom stereocenters. The number of hydrogen-bond donors (Lipinski definition) is 2. The second-order valence-electron chi connectivity index (χ2n) is 4.90. The highest BCUT2D eigenvalue weighted by Crippen LogP contribution is 2.36. The second-order valence-corrected chi connectivity index (χ2v) is 4.90. The lowest BCUT2D eigenvalue weighted by molar-refractivity contribution is 0.0697. The topological polar surface area (TPSA) is 52.6 Å². The first kappa shape index (κ1) is 12.5. The third-order valence-electron chi connectivity index (χ3n) is 3.59. The van der Waals surface area contributed by atoms with Crippen molar-refractivity contribution in [1.29, 1.82) is 0 Å². The zero-order valence-electron chi connectivity index (χ0n) is 11.3. The summed E-state index contributed by atoms with van der Waals surface area (Å²) in [4.78, 5) is 13.3. The number of aromatic carboxylic acids is 1. The van der Waals surface area contributed by atoms with Crippen molar-refractivity contribution in [3.63, 3.8) is 0 Å². The van der Waals surface area contributed by atoms with E-state index in [-0.39, 0.29) is 0 Å². The minimum atomic E-state index is -0.900. The predicted molar refractivity (Wildman–Crippen MR) is 80.1 cm³/mol. The van der Waals surface area contributed by atoms with E-state index in [1.807, 2.05) is 18.2 Å². The standard InChI is InChI=1S/C16H16N2O2/c1-11-4-2-3-5-14(11)18-9-8-17-13-7-6-12(16(19)20)10-15(13)18/h2-7,10,17H,8-9H2,1H3,(H,19,20). The van der Waals surface area contributed by atoms with E-state index in [0.29, 0.717) is 5.56 Å². The van der Waals surface area contributed by atoms with Gasteiger partial charge in [-0.3, -0.25) is 0 Å². The average Bonchev–Trinajstić information content (AvgIpc) is 2.46. The summed E-state index contributed by atoms with van der Waals surface area (Å²) in [6.45, 7) is 3.73. The molecule has 0 fully saturated rings. The summed E-state index contributed by atoms with van der Waals surface area (Å²) in [5.74, 6) is -0.900. The maximum absolute atomic E-state index is 11.2. The fourth-order valence-electron chi connectivity index (χ4n) is 2.58. The Morgan fingerprint density at radius 3 is 2.75 bits per heavy atom. The van der Waals surface area contributed by atoms with E-state index < -0.39 is 5.97 Å². The Bertz CT molecular complexity index is 667. The molecule has 1 aliphatic rings. The van der Waals surface area contributed by atoms with Gasteiger partial charge in [0.15, 0.2) is 0 Å². The highest BCUT2D eigenvalue weighted by Gasteiger charge is 2.20. The molecule has 0 amide bonds. The van der Waals surface area contributed by atoms with Crippen LogP contribution in [0, 0.1) is 6.92 Å². The molecule has 2 aromatic carbocycles. The van der Waals surface area contributed by atoms with Gasteiger partial charge < -0.3 is 15.3 Å². The molecule has 0 aromatic heterocycles. The van der Waals surface area contributed by atoms with Crippen molar-refractivity contribution in [1.82, 2.24) is 0 Å². The molecule has 0 bridgehead atoms. The lowest BCUT2D eigenvalue weighted by Gasteiger charge is -2.33. The van der Waals surface area contributed by atoms with E-state index in [1.165, 1.54) is 5.56 Å². The highest BCUT2D eigenvalue weighted by atomic mass is 16.4. The van der Waals surface area contributed by atoms with Gasteiger partial charge in [0.2, 0.25) is 0 Å². The number of nitrogens with zero attached hydrogens (tertiary/aromatic N) is 1. The Morgan fingerprint density at radius 2 is 2.00 bits per heavy atom. The number of para-hydroxylation sites is 1. The van der Waals surface area contributed by atoms with Crippen LogP contribution in [0.25, 0.3) is 0 Å². The van der Waals surface area contributed by atoms with Crippen molar-refractivity contribution < 1.29 is 9.90 Å². The van der Waals surface area contributed by atoms with Crippen LogP contribution in [0.2, 0.25) is 0 Å². The Kier molecular flexibility index (Phi) is 3.06. The molecular weight excluding hydrogens is 252 g/mol. The monoisotopic (exact) mass is 268 g/mol. The van der Waals surface area contributed by atoms with E-state index in [2.05, 4.69) is 29.3 Å². The molecule has 0 atom stereocenters. The van der Waals surface area contributed by atoms with Crippen LogP contribution in [0.3, 0.4) is 0 Å². The zero-order valence-corrected chi connectivity index (χ0v) is 11.3. The third kappa shape index (κ3) is 2.09. The highest BCUT2D eigenvalue weighted by molar-refractivity contribution is 5.92. The van der Waals surface area contributed by atoms with Crippen LogP contribution in [-0.4, -0.2) is 24.2 Å². The Morgan fingerprint density at radius 1 is 1.20 bits per heavy atom. The average molecular weight is 268 g/mol. The number of fused-ring (bicyclic) bond motifs is 1. The number of nitrogens with one attached hydrogen (secondary N) is 1. The van der Waals surface area contributed by atoms with Gasteiger partial charge in [-0.2, -0.15) is 0 Å². The van der Waals surface area contributed by atoms with Crippen molar-refractivity contribution >= 4 is 23.0 Å². The summed E-state index contributed by atoms with van der Waals surface area (Å²) in [6, 6.07) is 13.4. The van der Waals surface area contributed by atoms with Gasteiger partial charge in [-0.05, 0) is 36.8 Å². The summed E-state index contributed by atoms with van der Waals surface area (Å²) < 4.78 is 0. The van der Waals surface area contributed by atoms with Gasteiger partial charge in [0.1, 0.15) is 0 Å². The molecule has 0 saturated heterocycles. The van der Waals surface area contributed by atoms with Gasteiger partial charge in [-0.25, -0.2) is 4.79 Å². The maximum atomic E-state index is 11.2. The Labute approximate surface area is 117 Å². The molecule has 0 radical (unpaired) electrons. The summed E-state index contributed by atoms with van der Waals surface area (Å²) in [5, 5.41) is 12.5. The molecule has 20 heavy (non-hydrogen) atoms. The van der Waals surface area contributed by atoms with Gasteiger partial charge in [0.05, 0.1) is 16.9 Å². The number of carboxylic acids is 1. The number of anilines is 3. The number of aryl methyl sites for hydroxylation is 1. The lowest BCUT2D eigenvalue weighted by atomic mass is 10.1. The van der Waals surface area contributed by atoms with Crippen LogP contribution in [0.15, 0.2) is 42.5 Å². The van der Waals surface area contributed by atoms with Crippen LogP contribution in [0.1, 0.15) is 15.9 Å². The number of rotatable bonds is 2. The van der Waals surface area contributed by atoms with Crippen LogP contribution < -0.4 is 10.2 Å². The number of benzene rings is 2. The third-order valence-corrected chi connectivity index (χ3v) is 3.59. The van der Waals surface area contributed by atoms with Crippen molar-refractivity contribution in [2.24, 2.45) is 0 Å². The van der Waals surface area contributed by atoms with Gasteiger partial charge in [0, 0.05) is 18.8 Å². The molecule has 4 nitrogen and oxygen atoms in total. The molecule has 0 aliphatic carbocycles. The van der Waals surface area contributed by atoms with E-state index in [4.69, 9.17) is 5.11 Å². The van der Waals surface area contributed by atoms with Gasteiger partial charge >= 0.3 is 5.97 Å². The maximum Gasteiger partial charge on any atom is 0.335 e. The lowest BCUT2D eigenvalue weighted by Crippen LogP contribution is -2.30. The molecule has 2 N–H and O–H groups in total. The molecule has 3 rings (SSSR count). The fraction of sp³-hybridized carbons (Fsp3) is 0.188. The van der Waals surface area contributed by atoms with Crippen molar-refractivity contribution in [3.8, 4) is 0 Å². The summed E-state index contributed by atoms with van der Waals surface area (Å²) in [5.41, 5.74) is 4.51. The second kappa shape index (κ2) is 4.89. The van der Waals surface area contributed by atoms with Crippen molar-refractivity contribution in [2.75, 3.05) is 23.3 Å². The van der Waals surface area contributed by atoms with E-state index in [0.717, 1.165) is 30.2 Å². The summed E-state index contributed by atoms with van der Waals surface area (Å²) in [7, 11) is 0. The van der Waals surface area contributed by atoms with E-state index in [9.17, 15) is 4.79 Å². The van der Waals surface area contributed by atoms with E-state index >= 15 is 0 Å². The fourth-order valence-corrected chi connectivity index (χ4v) is 2.58. The van der Waals surface area contributed by atoms with E-state index in [1.54, 1.807) is 12.1 Å². The number of carbonyl (C=O) groups is 1. The number of carboxylic acid groups (broad SMARTS) is 1. The van der Waals surface area contributed by atoms with Crippen LogP contribution in [-0.2, 0) is 0 Å². The predicted octanol–water partition coefficient (Wildman–Crippen LogP) is 3.26.